The van der Waals surface area contributed by atoms with E-state index in [0.717, 1.165) is 25.4 Å². The second-order valence-electron chi connectivity index (χ2n) is 4.93. The quantitative estimate of drug-likeness (QED) is 0.868. The minimum Gasteiger partial charge on any atom is -0.497 e. The van der Waals surface area contributed by atoms with Gasteiger partial charge in [-0.15, -0.1) is 0 Å². The first-order valence-electron chi connectivity index (χ1n) is 6.71. The van der Waals surface area contributed by atoms with Crippen molar-refractivity contribution in [2.45, 2.75) is 25.3 Å². The maximum absolute atomic E-state index is 5.58. The van der Waals surface area contributed by atoms with Crippen LogP contribution in [0.15, 0.2) is 24.3 Å². The SMILES string of the molecule is CNC(Cc1cccc(OC)c1)C1CCCOC1. The van der Waals surface area contributed by atoms with Crippen molar-refractivity contribution in [2.75, 3.05) is 27.4 Å². The van der Waals surface area contributed by atoms with Crippen LogP contribution in [0.2, 0.25) is 0 Å². The first-order valence-corrected chi connectivity index (χ1v) is 6.71. The van der Waals surface area contributed by atoms with E-state index in [1.165, 1.54) is 18.4 Å². The van der Waals surface area contributed by atoms with E-state index in [9.17, 15) is 0 Å². The van der Waals surface area contributed by atoms with Crippen LogP contribution < -0.4 is 10.1 Å². The normalized spacial score (nSPS) is 21.6. The van der Waals surface area contributed by atoms with Gasteiger partial charge >= 0.3 is 0 Å². The first kappa shape index (κ1) is 13.4. The van der Waals surface area contributed by atoms with Gasteiger partial charge in [-0.2, -0.15) is 0 Å². The Labute approximate surface area is 109 Å². The third-order valence-corrected chi connectivity index (χ3v) is 3.73. The van der Waals surface area contributed by atoms with Gasteiger partial charge in [-0.25, -0.2) is 0 Å². The molecule has 1 aromatic rings. The van der Waals surface area contributed by atoms with Gasteiger partial charge in [0.15, 0.2) is 0 Å². The lowest BCUT2D eigenvalue weighted by Gasteiger charge is -2.30. The summed E-state index contributed by atoms with van der Waals surface area (Å²) in [5.41, 5.74) is 1.32. The number of benzene rings is 1. The minimum atomic E-state index is 0.484. The van der Waals surface area contributed by atoms with Crippen molar-refractivity contribution in [3.8, 4) is 5.75 Å². The smallest absolute Gasteiger partial charge is 0.119 e. The largest absolute Gasteiger partial charge is 0.497 e. The monoisotopic (exact) mass is 249 g/mol. The molecule has 1 heterocycles. The molecule has 18 heavy (non-hydrogen) atoms. The van der Waals surface area contributed by atoms with Crippen molar-refractivity contribution in [1.29, 1.82) is 0 Å². The van der Waals surface area contributed by atoms with Gasteiger partial charge in [0.1, 0.15) is 5.75 Å². The van der Waals surface area contributed by atoms with Crippen molar-refractivity contribution in [3.63, 3.8) is 0 Å². The minimum absolute atomic E-state index is 0.484. The zero-order valence-corrected chi connectivity index (χ0v) is 11.3. The lowest BCUT2D eigenvalue weighted by Crippen LogP contribution is -2.39. The van der Waals surface area contributed by atoms with Gasteiger partial charge in [-0.05, 0) is 49.9 Å². The zero-order valence-electron chi connectivity index (χ0n) is 11.3. The summed E-state index contributed by atoms with van der Waals surface area (Å²) in [5, 5.41) is 3.44. The molecule has 0 radical (unpaired) electrons. The number of hydrogen-bond acceptors (Lipinski definition) is 3. The Kier molecular flexibility index (Phi) is 5.02. The fraction of sp³-hybridized carbons (Fsp3) is 0.600. The third-order valence-electron chi connectivity index (χ3n) is 3.73. The molecule has 3 heteroatoms. The molecule has 1 saturated heterocycles. The lowest BCUT2D eigenvalue weighted by atomic mass is 9.89. The number of likely N-dealkylation sites (N-methyl/N-ethyl adjacent to an activating group) is 1. The number of methoxy groups -OCH3 is 1. The highest BCUT2D eigenvalue weighted by Crippen LogP contribution is 2.21. The molecule has 1 fully saturated rings. The number of hydrogen-bond donors (Lipinski definition) is 1. The van der Waals surface area contributed by atoms with Gasteiger partial charge in [0, 0.05) is 12.6 Å². The fourth-order valence-corrected chi connectivity index (χ4v) is 2.64. The van der Waals surface area contributed by atoms with Crippen LogP contribution in [0.3, 0.4) is 0 Å². The van der Waals surface area contributed by atoms with E-state index in [1.807, 2.05) is 13.1 Å². The van der Waals surface area contributed by atoms with Crippen LogP contribution in [0.25, 0.3) is 0 Å². The van der Waals surface area contributed by atoms with Gasteiger partial charge in [0.2, 0.25) is 0 Å². The van der Waals surface area contributed by atoms with E-state index >= 15 is 0 Å². The van der Waals surface area contributed by atoms with E-state index in [0.29, 0.717) is 12.0 Å². The lowest BCUT2D eigenvalue weighted by molar-refractivity contribution is 0.0405. The third kappa shape index (κ3) is 3.47. The summed E-state index contributed by atoms with van der Waals surface area (Å²) in [4.78, 5) is 0. The Balaban J connectivity index is 1.99. The molecule has 100 valence electrons. The second kappa shape index (κ2) is 6.76. The van der Waals surface area contributed by atoms with Gasteiger partial charge in [-0.1, -0.05) is 12.1 Å². The highest BCUT2D eigenvalue weighted by molar-refractivity contribution is 5.29. The highest BCUT2D eigenvalue weighted by Gasteiger charge is 2.23. The number of rotatable bonds is 5. The zero-order chi connectivity index (χ0) is 12.8. The van der Waals surface area contributed by atoms with Crippen molar-refractivity contribution in [1.82, 2.24) is 5.32 Å². The maximum Gasteiger partial charge on any atom is 0.119 e. The summed E-state index contributed by atoms with van der Waals surface area (Å²) in [5.74, 6) is 1.55. The molecule has 2 unspecified atom stereocenters. The van der Waals surface area contributed by atoms with E-state index in [2.05, 4.69) is 23.5 Å². The molecule has 1 aliphatic heterocycles. The molecule has 3 nitrogen and oxygen atoms in total. The van der Waals surface area contributed by atoms with Crippen LogP contribution >= 0.6 is 0 Å². The van der Waals surface area contributed by atoms with Crippen LogP contribution in [0.5, 0.6) is 5.75 Å². The molecule has 0 aromatic heterocycles. The summed E-state index contributed by atoms with van der Waals surface area (Å²) >= 11 is 0. The van der Waals surface area contributed by atoms with Crippen molar-refractivity contribution in [2.24, 2.45) is 5.92 Å². The number of ether oxygens (including phenoxy) is 2. The van der Waals surface area contributed by atoms with Crippen molar-refractivity contribution < 1.29 is 9.47 Å². The number of nitrogens with one attached hydrogen (secondary N) is 1. The van der Waals surface area contributed by atoms with Gasteiger partial charge < -0.3 is 14.8 Å². The fourth-order valence-electron chi connectivity index (χ4n) is 2.64. The maximum atomic E-state index is 5.58. The van der Waals surface area contributed by atoms with Crippen LogP contribution in [0.4, 0.5) is 0 Å². The van der Waals surface area contributed by atoms with Gasteiger partial charge in [0.05, 0.1) is 13.7 Å². The highest BCUT2D eigenvalue weighted by atomic mass is 16.5. The van der Waals surface area contributed by atoms with Crippen LogP contribution in [0, 0.1) is 5.92 Å². The van der Waals surface area contributed by atoms with Gasteiger partial charge in [0.25, 0.3) is 0 Å². The molecular weight excluding hydrogens is 226 g/mol. The van der Waals surface area contributed by atoms with Crippen LogP contribution in [-0.2, 0) is 11.2 Å². The Bertz CT molecular complexity index is 361. The molecule has 0 saturated carbocycles. The predicted octanol–water partition coefficient (Wildman–Crippen LogP) is 2.25. The molecule has 1 N–H and O–H groups in total. The molecule has 0 spiro atoms. The average Bonchev–Trinajstić information content (AvgIpc) is 2.46. The summed E-state index contributed by atoms with van der Waals surface area (Å²) < 4.78 is 10.9. The second-order valence-corrected chi connectivity index (χ2v) is 4.93. The Morgan fingerprint density at radius 3 is 3.06 bits per heavy atom. The summed E-state index contributed by atoms with van der Waals surface area (Å²) in [6, 6.07) is 8.81. The molecule has 1 aliphatic rings. The Morgan fingerprint density at radius 1 is 1.50 bits per heavy atom. The first-order chi connectivity index (χ1) is 8.83. The Morgan fingerprint density at radius 2 is 2.39 bits per heavy atom. The van der Waals surface area contributed by atoms with Crippen molar-refractivity contribution >= 4 is 0 Å². The molecule has 0 amide bonds. The topological polar surface area (TPSA) is 30.5 Å². The van der Waals surface area contributed by atoms with E-state index in [4.69, 9.17) is 9.47 Å². The van der Waals surface area contributed by atoms with E-state index < -0.39 is 0 Å². The summed E-state index contributed by atoms with van der Waals surface area (Å²) in [6.45, 7) is 1.81. The predicted molar refractivity (Wildman–Crippen MR) is 73.1 cm³/mol. The molecular formula is C15H23NO2. The van der Waals surface area contributed by atoms with E-state index in [1.54, 1.807) is 7.11 Å². The average molecular weight is 249 g/mol. The van der Waals surface area contributed by atoms with Crippen LogP contribution in [-0.4, -0.2) is 33.4 Å². The molecule has 2 rings (SSSR count). The Hall–Kier alpha value is -1.06. The van der Waals surface area contributed by atoms with Crippen molar-refractivity contribution in [3.05, 3.63) is 29.8 Å². The van der Waals surface area contributed by atoms with Crippen LogP contribution in [0.1, 0.15) is 18.4 Å². The molecule has 0 bridgehead atoms. The molecule has 0 aliphatic carbocycles. The molecule has 1 aromatic carbocycles. The molecule has 2 atom stereocenters. The summed E-state index contributed by atoms with van der Waals surface area (Å²) in [7, 11) is 3.75. The standard InChI is InChI=1S/C15H23NO2/c1-16-15(13-6-4-8-18-11-13)10-12-5-3-7-14(9-12)17-2/h3,5,7,9,13,15-16H,4,6,8,10-11H2,1-2H3. The van der Waals surface area contributed by atoms with E-state index in [-0.39, 0.29) is 0 Å². The van der Waals surface area contributed by atoms with Gasteiger partial charge in [-0.3, -0.25) is 0 Å². The summed E-state index contributed by atoms with van der Waals surface area (Å²) in [6.07, 6.45) is 3.47.